The number of esters is 1. The van der Waals surface area contributed by atoms with E-state index in [1.165, 1.54) is 4.40 Å². The lowest BCUT2D eigenvalue weighted by Gasteiger charge is -2.50. The quantitative estimate of drug-likeness (QED) is 0.217. The third-order valence-electron chi connectivity index (χ3n) is 9.90. The maximum absolute atomic E-state index is 14.7. The molecular weight excluding hydrogens is 657 g/mol. The number of carbonyl (C=O) groups is 2. The second-order valence-electron chi connectivity index (χ2n) is 15.5. The van der Waals surface area contributed by atoms with E-state index in [-0.39, 0.29) is 67.8 Å². The second-order valence-corrected chi connectivity index (χ2v) is 16.7. The number of ether oxygens (including phenoxy) is 1. The number of nitrogens with one attached hydrogen (secondary N) is 2. The Morgan fingerprint density at radius 2 is 1.57 bits per heavy atom. The lowest BCUT2D eigenvalue weighted by atomic mass is 9.59. The average Bonchev–Trinajstić information content (AvgIpc) is 3.27. The van der Waals surface area contributed by atoms with Crippen LogP contribution in [-0.4, -0.2) is 27.4 Å². The minimum atomic E-state index is -0.664. The molecule has 0 radical (unpaired) electrons. The molecule has 0 bridgehead atoms. The summed E-state index contributed by atoms with van der Waals surface area (Å²) in [4.78, 5) is 44.9. The number of H-pyrrole nitrogens is 1. The molecule has 1 fully saturated rings. The standard InChI is InChI=1S/C37H50Cl3N3O4/c1-10-12-13-21(11-2)33(44)42-31-28(39)34(45)43-30(40)26(22-14-16-23(38)17-15-22)27(32(43)41-31)35(46)47-29-24(36(4,5)6)18-20(3)19-25(29)37(7,8)9/h14-17,20-21,24-25,29,41H,10-13,18-19H2,1-9H3,(H,42,44). The Balaban J connectivity index is 1.93. The molecule has 1 saturated carbocycles. The molecule has 1 amide bonds. The fourth-order valence-corrected chi connectivity index (χ4v) is 7.81. The molecule has 2 N–H and O–H groups in total. The van der Waals surface area contributed by atoms with Crippen LogP contribution in [0.2, 0.25) is 15.2 Å². The van der Waals surface area contributed by atoms with Crippen LogP contribution >= 0.6 is 34.8 Å². The van der Waals surface area contributed by atoms with Crippen LogP contribution in [0.5, 0.6) is 0 Å². The predicted molar refractivity (Wildman–Crippen MR) is 194 cm³/mol. The first-order chi connectivity index (χ1) is 21.9. The molecule has 1 aliphatic carbocycles. The molecule has 47 heavy (non-hydrogen) atoms. The lowest BCUT2D eigenvalue weighted by molar-refractivity contribution is -0.120. The zero-order chi connectivity index (χ0) is 35.0. The molecule has 3 aromatic rings. The van der Waals surface area contributed by atoms with E-state index < -0.39 is 11.5 Å². The summed E-state index contributed by atoms with van der Waals surface area (Å²) in [6.07, 6.45) is 4.67. The minimum Gasteiger partial charge on any atom is -0.458 e. The zero-order valence-electron chi connectivity index (χ0n) is 29.2. The molecule has 2 aromatic heterocycles. The summed E-state index contributed by atoms with van der Waals surface area (Å²) in [7, 11) is 0. The van der Waals surface area contributed by atoms with E-state index in [9.17, 15) is 14.4 Å². The number of aromatic amines is 1. The second kappa shape index (κ2) is 14.6. The molecule has 3 atom stereocenters. The van der Waals surface area contributed by atoms with Gasteiger partial charge in [-0.25, -0.2) is 9.20 Å². The number of carbonyl (C=O) groups excluding carboxylic acids is 2. The van der Waals surface area contributed by atoms with Crippen LogP contribution in [0, 0.1) is 34.5 Å². The molecule has 0 aliphatic heterocycles. The molecule has 1 aliphatic rings. The Hall–Kier alpha value is -2.48. The monoisotopic (exact) mass is 705 g/mol. The number of benzene rings is 1. The van der Waals surface area contributed by atoms with Crippen LogP contribution < -0.4 is 10.9 Å². The number of unbranched alkanes of at least 4 members (excludes halogenated alkanes) is 1. The van der Waals surface area contributed by atoms with Crippen molar-refractivity contribution in [3.63, 3.8) is 0 Å². The van der Waals surface area contributed by atoms with Crippen molar-refractivity contribution < 1.29 is 14.3 Å². The number of nitrogens with zero attached hydrogens (tertiary/aromatic N) is 1. The third-order valence-corrected chi connectivity index (χ3v) is 10.9. The topological polar surface area (TPSA) is 92.7 Å². The first kappa shape index (κ1) is 37.3. The molecule has 258 valence electrons. The molecule has 7 nitrogen and oxygen atoms in total. The summed E-state index contributed by atoms with van der Waals surface area (Å²) in [5, 5.41) is 3.10. The first-order valence-corrected chi connectivity index (χ1v) is 18.0. The van der Waals surface area contributed by atoms with Crippen molar-refractivity contribution in [2.24, 2.45) is 34.5 Å². The van der Waals surface area contributed by atoms with Crippen LogP contribution in [0.4, 0.5) is 5.82 Å². The molecule has 0 spiro atoms. The Bertz CT molecular complexity index is 1640. The number of anilines is 1. The van der Waals surface area contributed by atoms with Gasteiger partial charge in [0.25, 0.3) is 5.56 Å². The van der Waals surface area contributed by atoms with Gasteiger partial charge in [0.2, 0.25) is 5.91 Å². The third kappa shape index (κ3) is 7.89. The molecule has 2 heterocycles. The number of halogens is 3. The smallest absolute Gasteiger partial charge is 0.342 e. The van der Waals surface area contributed by atoms with E-state index in [4.69, 9.17) is 39.5 Å². The molecule has 3 unspecified atom stereocenters. The van der Waals surface area contributed by atoms with Crippen molar-refractivity contribution in [2.45, 2.75) is 107 Å². The number of hydrogen-bond donors (Lipinski definition) is 2. The van der Waals surface area contributed by atoms with Gasteiger partial charge in [-0.3, -0.25) is 9.59 Å². The largest absolute Gasteiger partial charge is 0.458 e. The van der Waals surface area contributed by atoms with Crippen LogP contribution in [0.15, 0.2) is 29.1 Å². The van der Waals surface area contributed by atoms with Gasteiger partial charge in [0, 0.05) is 28.3 Å². The van der Waals surface area contributed by atoms with Gasteiger partial charge in [-0.2, -0.15) is 0 Å². The van der Waals surface area contributed by atoms with Crippen molar-refractivity contribution in [1.29, 1.82) is 0 Å². The van der Waals surface area contributed by atoms with Crippen molar-refractivity contribution in [2.75, 3.05) is 5.32 Å². The Kier molecular flexibility index (Phi) is 11.6. The summed E-state index contributed by atoms with van der Waals surface area (Å²) >= 11 is 19.8. The maximum atomic E-state index is 14.7. The van der Waals surface area contributed by atoms with Crippen molar-refractivity contribution in [1.82, 2.24) is 9.38 Å². The summed E-state index contributed by atoms with van der Waals surface area (Å²) in [5.41, 5.74) is 0.166. The highest BCUT2D eigenvalue weighted by molar-refractivity contribution is 6.36. The number of fused-ring (bicyclic) bond motifs is 1. The number of hydrogen-bond acceptors (Lipinski definition) is 4. The minimum absolute atomic E-state index is 0.00156. The number of rotatable bonds is 9. The van der Waals surface area contributed by atoms with Gasteiger partial charge >= 0.3 is 5.97 Å². The van der Waals surface area contributed by atoms with Crippen LogP contribution in [0.25, 0.3) is 16.8 Å². The predicted octanol–water partition coefficient (Wildman–Crippen LogP) is 10.7. The Morgan fingerprint density at radius 1 is 1.00 bits per heavy atom. The zero-order valence-corrected chi connectivity index (χ0v) is 31.4. The van der Waals surface area contributed by atoms with Gasteiger partial charge < -0.3 is 15.0 Å². The van der Waals surface area contributed by atoms with E-state index in [2.05, 4.69) is 65.7 Å². The van der Waals surface area contributed by atoms with Crippen LogP contribution in [-0.2, 0) is 9.53 Å². The molecule has 10 heteroatoms. The number of amides is 1. The van der Waals surface area contributed by atoms with Crippen molar-refractivity contribution in [3.8, 4) is 11.1 Å². The highest BCUT2D eigenvalue weighted by Gasteiger charge is 2.48. The fraction of sp³-hybridized carbons (Fsp3) is 0.595. The summed E-state index contributed by atoms with van der Waals surface area (Å²) in [6, 6.07) is 6.87. The van der Waals surface area contributed by atoms with Crippen molar-refractivity contribution in [3.05, 3.63) is 55.4 Å². The normalized spacial score (nSPS) is 21.1. The molecule has 4 rings (SSSR count). The van der Waals surface area contributed by atoms with Crippen LogP contribution in [0.1, 0.15) is 111 Å². The molecule has 1 aromatic carbocycles. The van der Waals surface area contributed by atoms with E-state index in [1.54, 1.807) is 24.3 Å². The van der Waals surface area contributed by atoms with Crippen LogP contribution in [0.3, 0.4) is 0 Å². The Labute approximate surface area is 294 Å². The fourth-order valence-electron chi connectivity index (χ4n) is 7.14. The van der Waals surface area contributed by atoms with E-state index >= 15 is 0 Å². The SMILES string of the molecule is CCCCC(CC)C(=O)Nc1[nH]c2c(C(=O)OC3C(C(C)(C)C)CC(C)CC3C(C)(C)C)c(-c3ccc(Cl)cc3)c(Cl)n2c(=O)c1Cl. The summed E-state index contributed by atoms with van der Waals surface area (Å²) < 4.78 is 7.80. The van der Waals surface area contributed by atoms with E-state index in [0.717, 1.165) is 25.7 Å². The first-order valence-electron chi connectivity index (χ1n) is 16.8. The van der Waals surface area contributed by atoms with E-state index in [1.807, 2.05) is 6.92 Å². The Morgan fingerprint density at radius 3 is 2.09 bits per heavy atom. The average molecular weight is 707 g/mol. The van der Waals surface area contributed by atoms with Gasteiger partial charge in [-0.15, -0.1) is 0 Å². The van der Waals surface area contributed by atoms with Gasteiger partial charge in [0.1, 0.15) is 33.3 Å². The highest BCUT2D eigenvalue weighted by Crippen LogP contribution is 2.50. The summed E-state index contributed by atoms with van der Waals surface area (Å²) in [5.74, 6) is -0.428. The van der Waals surface area contributed by atoms with Crippen molar-refractivity contribution >= 4 is 58.1 Å². The van der Waals surface area contributed by atoms with Gasteiger partial charge in [-0.05, 0) is 60.1 Å². The van der Waals surface area contributed by atoms with E-state index in [0.29, 0.717) is 34.9 Å². The summed E-state index contributed by atoms with van der Waals surface area (Å²) in [6.45, 7) is 19.5. The maximum Gasteiger partial charge on any atom is 0.342 e. The number of aromatic nitrogens is 2. The lowest BCUT2D eigenvalue weighted by Crippen LogP contribution is -2.49. The van der Waals surface area contributed by atoms with Gasteiger partial charge in [0.05, 0.1) is 0 Å². The molecular formula is C37H50Cl3N3O4. The van der Waals surface area contributed by atoms with Gasteiger partial charge in [-0.1, -0.05) is 122 Å². The van der Waals surface area contributed by atoms with Gasteiger partial charge in [0.15, 0.2) is 0 Å². The highest BCUT2D eigenvalue weighted by atomic mass is 35.5. The molecule has 0 saturated heterocycles.